The van der Waals surface area contributed by atoms with E-state index in [-0.39, 0.29) is 0 Å². The second-order valence-electron chi connectivity index (χ2n) is 3.68. The lowest BCUT2D eigenvalue weighted by atomic mass is 9.99. The minimum absolute atomic E-state index is 0.731. The van der Waals surface area contributed by atoms with Crippen molar-refractivity contribution in [2.75, 3.05) is 19.7 Å². The van der Waals surface area contributed by atoms with Crippen molar-refractivity contribution in [3.8, 4) is 0 Å². The van der Waals surface area contributed by atoms with Crippen LogP contribution in [0, 0.1) is 5.92 Å². The van der Waals surface area contributed by atoms with E-state index < -0.39 is 0 Å². The number of hydrogen-bond donors (Lipinski definition) is 1. The number of hydrogen-bond acceptors (Lipinski definition) is 4. The van der Waals surface area contributed by atoms with Crippen LogP contribution in [-0.2, 0) is 11.3 Å². The van der Waals surface area contributed by atoms with Crippen molar-refractivity contribution in [3.05, 3.63) is 16.6 Å². The molecule has 1 aliphatic rings. The summed E-state index contributed by atoms with van der Waals surface area (Å²) in [5.74, 6) is 0.754. The molecule has 0 radical (unpaired) electrons. The largest absolute Gasteiger partial charge is 0.376 e. The first-order valence-electron chi connectivity index (χ1n) is 5.11. The Balaban J connectivity index is 1.62. The van der Waals surface area contributed by atoms with Crippen molar-refractivity contribution in [1.82, 2.24) is 10.3 Å². The molecule has 4 heteroatoms. The van der Waals surface area contributed by atoms with Crippen LogP contribution in [0.5, 0.6) is 0 Å². The Morgan fingerprint density at radius 2 is 2.36 bits per heavy atom. The van der Waals surface area contributed by atoms with E-state index in [4.69, 9.17) is 4.74 Å². The molecule has 1 aliphatic heterocycles. The SMILES string of the molecule is c1ncc(COCC2CCNCC2)s1. The van der Waals surface area contributed by atoms with Gasteiger partial charge in [-0.3, -0.25) is 4.98 Å². The molecule has 1 fully saturated rings. The Hall–Kier alpha value is -0.450. The molecule has 1 saturated heterocycles. The fourth-order valence-corrected chi connectivity index (χ4v) is 2.22. The second kappa shape index (κ2) is 5.44. The number of rotatable bonds is 4. The molecule has 0 unspecified atom stereocenters. The first kappa shape index (κ1) is 10.1. The van der Waals surface area contributed by atoms with Gasteiger partial charge in [0.1, 0.15) is 0 Å². The highest BCUT2D eigenvalue weighted by atomic mass is 32.1. The van der Waals surface area contributed by atoms with E-state index in [9.17, 15) is 0 Å². The minimum Gasteiger partial charge on any atom is -0.376 e. The zero-order valence-corrected chi connectivity index (χ0v) is 9.05. The summed E-state index contributed by atoms with van der Waals surface area (Å²) >= 11 is 1.66. The molecule has 14 heavy (non-hydrogen) atoms. The molecule has 0 saturated carbocycles. The summed E-state index contributed by atoms with van der Waals surface area (Å²) in [6.07, 6.45) is 4.39. The Morgan fingerprint density at radius 1 is 1.50 bits per heavy atom. The van der Waals surface area contributed by atoms with Crippen molar-refractivity contribution in [2.24, 2.45) is 5.92 Å². The lowest BCUT2D eigenvalue weighted by molar-refractivity contribution is 0.0778. The summed E-state index contributed by atoms with van der Waals surface area (Å²) in [7, 11) is 0. The summed E-state index contributed by atoms with van der Waals surface area (Å²) < 4.78 is 5.66. The molecular formula is C10H16N2OS. The van der Waals surface area contributed by atoms with Crippen molar-refractivity contribution in [3.63, 3.8) is 0 Å². The van der Waals surface area contributed by atoms with Crippen LogP contribution in [0.1, 0.15) is 17.7 Å². The van der Waals surface area contributed by atoms with Crippen LogP contribution >= 0.6 is 11.3 Å². The maximum Gasteiger partial charge on any atom is 0.0825 e. The number of nitrogens with one attached hydrogen (secondary N) is 1. The van der Waals surface area contributed by atoms with Gasteiger partial charge < -0.3 is 10.1 Å². The number of thiazole rings is 1. The molecule has 0 aromatic carbocycles. The van der Waals surface area contributed by atoms with Crippen LogP contribution in [0.25, 0.3) is 0 Å². The van der Waals surface area contributed by atoms with Gasteiger partial charge in [-0.15, -0.1) is 11.3 Å². The van der Waals surface area contributed by atoms with Gasteiger partial charge in [0.05, 0.1) is 17.0 Å². The summed E-state index contributed by atoms with van der Waals surface area (Å²) in [5, 5.41) is 3.36. The van der Waals surface area contributed by atoms with Gasteiger partial charge in [0, 0.05) is 12.8 Å². The van der Waals surface area contributed by atoms with Gasteiger partial charge in [-0.2, -0.15) is 0 Å². The first-order valence-corrected chi connectivity index (χ1v) is 5.99. The average molecular weight is 212 g/mol. The quantitative estimate of drug-likeness (QED) is 0.824. The Kier molecular flexibility index (Phi) is 3.91. The molecule has 0 aliphatic carbocycles. The third-order valence-electron chi connectivity index (χ3n) is 2.54. The number of aromatic nitrogens is 1. The molecule has 2 heterocycles. The first-order chi connectivity index (χ1) is 6.95. The van der Waals surface area contributed by atoms with E-state index >= 15 is 0 Å². The zero-order chi connectivity index (χ0) is 9.64. The predicted octanol–water partition coefficient (Wildman–Crippen LogP) is 1.66. The summed E-state index contributed by atoms with van der Waals surface area (Å²) in [6, 6.07) is 0. The van der Waals surface area contributed by atoms with Crippen molar-refractivity contribution >= 4 is 11.3 Å². The smallest absolute Gasteiger partial charge is 0.0825 e. The standard InChI is InChI=1S/C10H16N2OS/c1-3-11-4-2-9(1)6-13-7-10-5-12-8-14-10/h5,8-9,11H,1-4,6-7H2. The molecular weight excluding hydrogens is 196 g/mol. The molecule has 0 bridgehead atoms. The highest BCUT2D eigenvalue weighted by Crippen LogP contribution is 2.13. The van der Waals surface area contributed by atoms with Crippen molar-refractivity contribution in [1.29, 1.82) is 0 Å². The molecule has 0 atom stereocenters. The van der Waals surface area contributed by atoms with Crippen molar-refractivity contribution in [2.45, 2.75) is 19.4 Å². The Labute approximate surface area is 88.5 Å². The third-order valence-corrected chi connectivity index (χ3v) is 3.29. The lowest BCUT2D eigenvalue weighted by Gasteiger charge is -2.22. The van der Waals surface area contributed by atoms with Crippen LogP contribution < -0.4 is 5.32 Å². The molecule has 0 spiro atoms. The topological polar surface area (TPSA) is 34.1 Å². The van der Waals surface area contributed by atoms with Crippen LogP contribution in [0.3, 0.4) is 0 Å². The lowest BCUT2D eigenvalue weighted by Crippen LogP contribution is -2.29. The van der Waals surface area contributed by atoms with E-state index in [0.717, 1.165) is 32.2 Å². The van der Waals surface area contributed by atoms with Gasteiger partial charge in [0.15, 0.2) is 0 Å². The number of nitrogens with zero attached hydrogens (tertiary/aromatic N) is 1. The van der Waals surface area contributed by atoms with E-state index in [1.807, 2.05) is 11.7 Å². The van der Waals surface area contributed by atoms with E-state index in [2.05, 4.69) is 10.3 Å². The molecule has 0 amide bonds. The summed E-state index contributed by atoms with van der Waals surface area (Å²) in [6.45, 7) is 3.93. The highest BCUT2D eigenvalue weighted by Gasteiger charge is 2.12. The van der Waals surface area contributed by atoms with Gasteiger partial charge in [-0.05, 0) is 31.8 Å². The Morgan fingerprint density at radius 3 is 3.07 bits per heavy atom. The van der Waals surface area contributed by atoms with E-state index in [1.165, 1.54) is 17.7 Å². The molecule has 1 aromatic rings. The van der Waals surface area contributed by atoms with Gasteiger partial charge in [0.25, 0.3) is 0 Å². The van der Waals surface area contributed by atoms with E-state index in [0.29, 0.717) is 0 Å². The monoisotopic (exact) mass is 212 g/mol. The second-order valence-corrected chi connectivity index (χ2v) is 4.65. The summed E-state index contributed by atoms with van der Waals surface area (Å²) in [5.41, 5.74) is 1.85. The molecule has 78 valence electrons. The average Bonchev–Trinajstić information content (AvgIpc) is 2.72. The summed E-state index contributed by atoms with van der Waals surface area (Å²) in [4.78, 5) is 5.24. The van der Waals surface area contributed by atoms with Crippen LogP contribution in [0.15, 0.2) is 11.7 Å². The van der Waals surface area contributed by atoms with Gasteiger partial charge >= 0.3 is 0 Å². The van der Waals surface area contributed by atoms with Crippen LogP contribution in [0.2, 0.25) is 0 Å². The fourth-order valence-electron chi connectivity index (χ4n) is 1.69. The van der Waals surface area contributed by atoms with Gasteiger partial charge in [0.2, 0.25) is 0 Å². The van der Waals surface area contributed by atoms with Crippen LogP contribution in [-0.4, -0.2) is 24.7 Å². The zero-order valence-electron chi connectivity index (χ0n) is 8.24. The van der Waals surface area contributed by atoms with E-state index in [1.54, 1.807) is 11.3 Å². The van der Waals surface area contributed by atoms with Crippen LogP contribution in [0.4, 0.5) is 0 Å². The van der Waals surface area contributed by atoms with Gasteiger partial charge in [-0.1, -0.05) is 0 Å². The maximum absolute atomic E-state index is 5.66. The normalized spacial score (nSPS) is 18.6. The van der Waals surface area contributed by atoms with Crippen molar-refractivity contribution < 1.29 is 4.74 Å². The third kappa shape index (κ3) is 3.04. The molecule has 1 N–H and O–H groups in total. The number of ether oxygens (including phenoxy) is 1. The molecule has 1 aromatic heterocycles. The maximum atomic E-state index is 5.66. The van der Waals surface area contributed by atoms with Gasteiger partial charge in [-0.25, -0.2) is 0 Å². The molecule has 2 rings (SSSR count). The fraction of sp³-hybridized carbons (Fsp3) is 0.700. The highest BCUT2D eigenvalue weighted by molar-refractivity contribution is 7.09. The Bertz CT molecular complexity index is 245. The minimum atomic E-state index is 0.731. The predicted molar refractivity (Wildman–Crippen MR) is 57.4 cm³/mol. The number of piperidine rings is 1. The molecule has 3 nitrogen and oxygen atoms in total.